The molecule has 122 valence electrons. The number of benzene rings is 2. The molecule has 0 N–H and O–H groups in total. The standard InChI is InChI=1S/C20H25O2P/c1-13(2)23(22,18-10-8-7-9-11-18)20(21)19-15(4)12-14(3)16(5)17(19)6/h7-13H,1-6H3. The molecule has 1 unspecified atom stereocenters. The Hall–Kier alpha value is -1.66. The Labute approximate surface area is 139 Å². The summed E-state index contributed by atoms with van der Waals surface area (Å²) in [6.45, 7) is 11.7. The molecular weight excluding hydrogens is 303 g/mol. The molecular formula is C20H25O2P. The molecule has 1 atom stereocenters. The molecule has 0 aliphatic heterocycles. The van der Waals surface area contributed by atoms with Gasteiger partial charge in [-0.2, -0.15) is 0 Å². The van der Waals surface area contributed by atoms with Crippen LogP contribution in [-0.2, 0) is 4.57 Å². The van der Waals surface area contributed by atoms with E-state index in [2.05, 4.69) is 0 Å². The van der Waals surface area contributed by atoms with Crippen LogP contribution in [0.5, 0.6) is 0 Å². The zero-order chi connectivity index (χ0) is 17.4. The third-order valence-electron chi connectivity index (χ3n) is 4.74. The smallest absolute Gasteiger partial charge is 0.226 e. The predicted molar refractivity (Wildman–Crippen MR) is 98.5 cm³/mol. The van der Waals surface area contributed by atoms with Gasteiger partial charge in [-0.3, -0.25) is 4.79 Å². The van der Waals surface area contributed by atoms with Crippen LogP contribution in [0.1, 0.15) is 46.5 Å². The largest absolute Gasteiger partial charge is 0.310 e. The number of carbonyl (C=O) groups is 1. The molecule has 0 fully saturated rings. The van der Waals surface area contributed by atoms with Gasteiger partial charge in [-0.05, 0) is 49.9 Å². The van der Waals surface area contributed by atoms with E-state index in [1.807, 2.05) is 77.9 Å². The minimum Gasteiger partial charge on any atom is -0.310 e. The Morgan fingerprint density at radius 2 is 1.48 bits per heavy atom. The molecule has 2 aromatic rings. The Morgan fingerprint density at radius 3 is 2.00 bits per heavy atom. The lowest BCUT2D eigenvalue weighted by atomic mass is 9.95. The first-order chi connectivity index (χ1) is 10.7. The summed E-state index contributed by atoms with van der Waals surface area (Å²) in [6, 6.07) is 11.2. The lowest BCUT2D eigenvalue weighted by Gasteiger charge is -2.24. The minimum atomic E-state index is -3.18. The van der Waals surface area contributed by atoms with E-state index in [0.29, 0.717) is 10.9 Å². The lowest BCUT2D eigenvalue weighted by molar-refractivity contribution is 0.107. The molecule has 2 aromatic carbocycles. The van der Waals surface area contributed by atoms with E-state index in [1.54, 1.807) is 0 Å². The van der Waals surface area contributed by atoms with Crippen molar-refractivity contribution in [2.24, 2.45) is 0 Å². The quantitative estimate of drug-likeness (QED) is 0.727. The van der Waals surface area contributed by atoms with Crippen molar-refractivity contribution in [3.63, 3.8) is 0 Å². The molecule has 0 aromatic heterocycles. The average molecular weight is 328 g/mol. The molecule has 0 radical (unpaired) electrons. The first kappa shape index (κ1) is 17.7. The first-order valence-electron chi connectivity index (χ1n) is 7.98. The Morgan fingerprint density at radius 1 is 0.913 bits per heavy atom. The van der Waals surface area contributed by atoms with Crippen molar-refractivity contribution in [2.45, 2.75) is 47.2 Å². The van der Waals surface area contributed by atoms with Gasteiger partial charge in [0.25, 0.3) is 0 Å². The van der Waals surface area contributed by atoms with Crippen molar-refractivity contribution in [1.29, 1.82) is 0 Å². The van der Waals surface area contributed by atoms with Crippen molar-refractivity contribution in [3.05, 3.63) is 64.2 Å². The highest BCUT2D eigenvalue weighted by atomic mass is 31.2. The molecule has 23 heavy (non-hydrogen) atoms. The molecule has 3 heteroatoms. The topological polar surface area (TPSA) is 34.1 Å². The monoisotopic (exact) mass is 328 g/mol. The van der Waals surface area contributed by atoms with Crippen molar-refractivity contribution >= 4 is 18.0 Å². The average Bonchev–Trinajstić information content (AvgIpc) is 2.52. The van der Waals surface area contributed by atoms with Gasteiger partial charge in [0.1, 0.15) is 0 Å². The van der Waals surface area contributed by atoms with Crippen LogP contribution in [0, 0.1) is 27.7 Å². The van der Waals surface area contributed by atoms with Crippen LogP contribution < -0.4 is 5.30 Å². The van der Waals surface area contributed by atoms with Gasteiger partial charge >= 0.3 is 0 Å². The zero-order valence-electron chi connectivity index (χ0n) is 14.8. The van der Waals surface area contributed by atoms with Crippen molar-refractivity contribution in [1.82, 2.24) is 0 Å². The summed E-state index contributed by atoms with van der Waals surface area (Å²) >= 11 is 0. The van der Waals surface area contributed by atoms with Crippen LogP contribution in [0.15, 0.2) is 36.4 Å². The van der Waals surface area contributed by atoms with E-state index in [4.69, 9.17) is 0 Å². The van der Waals surface area contributed by atoms with Crippen LogP contribution in [0.3, 0.4) is 0 Å². The van der Waals surface area contributed by atoms with E-state index in [1.165, 1.54) is 0 Å². The predicted octanol–water partition coefficient (Wildman–Crippen LogP) is 5.16. The highest BCUT2D eigenvalue weighted by Gasteiger charge is 2.39. The highest BCUT2D eigenvalue weighted by molar-refractivity contribution is 7.88. The summed E-state index contributed by atoms with van der Waals surface area (Å²) in [5, 5.41) is 0.650. The number of hydrogen-bond donors (Lipinski definition) is 0. The van der Waals surface area contributed by atoms with Crippen LogP contribution >= 0.6 is 7.14 Å². The van der Waals surface area contributed by atoms with Crippen LogP contribution in [0.2, 0.25) is 0 Å². The maximum absolute atomic E-state index is 13.8. The van der Waals surface area contributed by atoms with E-state index < -0.39 is 7.14 Å². The molecule has 0 saturated heterocycles. The highest BCUT2D eigenvalue weighted by Crippen LogP contribution is 2.53. The third-order valence-corrected chi connectivity index (χ3v) is 8.09. The second-order valence-corrected chi connectivity index (χ2v) is 9.80. The molecule has 0 heterocycles. The summed E-state index contributed by atoms with van der Waals surface area (Å²) in [6.07, 6.45) is 0. The fourth-order valence-electron chi connectivity index (χ4n) is 3.08. The van der Waals surface area contributed by atoms with E-state index in [-0.39, 0.29) is 11.2 Å². The maximum atomic E-state index is 13.8. The number of hydrogen-bond acceptors (Lipinski definition) is 2. The van der Waals surface area contributed by atoms with Crippen molar-refractivity contribution < 1.29 is 9.36 Å². The van der Waals surface area contributed by atoms with Gasteiger partial charge in [0.05, 0.1) is 0 Å². The molecule has 0 bridgehead atoms. The fourth-order valence-corrected chi connectivity index (χ4v) is 5.67. The molecule has 0 saturated carbocycles. The molecule has 0 aliphatic rings. The van der Waals surface area contributed by atoms with Gasteiger partial charge in [-0.25, -0.2) is 0 Å². The second-order valence-electron chi connectivity index (χ2n) is 6.53. The summed E-state index contributed by atoms with van der Waals surface area (Å²) in [5.41, 5.74) is 4.32. The maximum Gasteiger partial charge on any atom is 0.226 e. The van der Waals surface area contributed by atoms with Gasteiger partial charge in [0.15, 0.2) is 7.14 Å². The Bertz CT molecular complexity index is 789. The van der Waals surface area contributed by atoms with E-state index >= 15 is 0 Å². The zero-order valence-corrected chi connectivity index (χ0v) is 15.7. The molecule has 0 aliphatic carbocycles. The van der Waals surface area contributed by atoms with Crippen molar-refractivity contribution in [3.8, 4) is 0 Å². The first-order valence-corrected chi connectivity index (χ1v) is 9.76. The number of aryl methyl sites for hydroxylation is 2. The Balaban J connectivity index is 2.71. The molecule has 0 amide bonds. The summed E-state index contributed by atoms with van der Waals surface area (Å²) in [4.78, 5) is 13.4. The van der Waals surface area contributed by atoms with Crippen molar-refractivity contribution in [2.75, 3.05) is 0 Å². The normalized spacial score (nSPS) is 13.9. The van der Waals surface area contributed by atoms with Gasteiger partial charge in [0.2, 0.25) is 5.52 Å². The van der Waals surface area contributed by atoms with E-state index in [9.17, 15) is 9.36 Å². The molecule has 2 nitrogen and oxygen atoms in total. The number of rotatable bonds is 4. The SMILES string of the molecule is Cc1cc(C)c(C(=O)P(=O)(c2ccccc2)C(C)C)c(C)c1C. The third kappa shape index (κ3) is 2.93. The summed E-state index contributed by atoms with van der Waals surface area (Å²) in [7, 11) is -3.18. The van der Waals surface area contributed by atoms with Crippen LogP contribution in [-0.4, -0.2) is 11.2 Å². The second kappa shape index (κ2) is 6.45. The van der Waals surface area contributed by atoms with Crippen LogP contribution in [0.25, 0.3) is 0 Å². The lowest BCUT2D eigenvalue weighted by Crippen LogP contribution is -2.21. The Kier molecular flexibility index (Phi) is 4.96. The van der Waals surface area contributed by atoms with Gasteiger partial charge in [-0.15, -0.1) is 0 Å². The summed E-state index contributed by atoms with van der Waals surface area (Å²) < 4.78 is 13.8. The number of carbonyl (C=O) groups excluding carboxylic acids is 1. The van der Waals surface area contributed by atoms with Gasteiger partial charge < -0.3 is 4.57 Å². The minimum absolute atomic E-state index is 0.211. The molecule has 0 spiro atoms. The van der Waals surface area contributed by atoms with Crippen LogP contribution in [0.4, 0.5) is 0 Å². The van der Waals surface area contributed by atoms with E-state index in [0.717, 1.165) is 22.3 Å². The molecule has 2 rings (SSSR count). The van der Waals surface area contributed by atoms with Gasteiger partial charge in [0, 0.05) is 16.5 Å². The van der Waals surface area contributed by atoms with Gasteiger partial charge in [-0.1, -0.05) is 50.2 Å². The fraction of sp³-hybridized carbons (Fsp3) is 0.350. The summed E-state index contributed by atoms with van der Waals surface area (Å²) in [5.74, 6) is 0.